The minimum absolute atomic E-state index is 0.105. The molecule has 1 atom stereocenters. The lowest BCUT2D eigenvalue weighted by molar-refractivity contribution is 0.0939. The molecule has 0 aliphatic carbocycles. The van der Waals surface area contributed by atoms with Gasteiger partial charge in [0.05, 0.1) is 0 Å². The summed E-state index contributed by atoms with van der Waals surface area (Å²) in [5.74, 6) is 1.20. The van der Waals surface area contributed by atoms with Gasteiger partial charge < -0.3 is 10.1 Å². The van der Waals surface area contributed by atoms with Crippen LogP contribution in [-0.2, 0) is 6.42 Å². The third-order valence-electron chi connectivity index (χ3n) is 4.22. The fourth-order valence-electron chi connectivity index (χ4n) is 2.45. The summed E-state index contributed by atoms with van der Waals surface area (Å²) >= 11 is 1.21. The molecule has 0 saturated carbocycles. The lowest BCUT2D eigenvalue weighted by atomic mass is 10.1. The molecular weight excluding hydrogens is 358 g/mol. The van der Waals surface area contributed by atoms with Crippen LogP contribution in [0.15, 0.2) is 48.5 Å². The van der Waals surface area contributed by atoms with E-state index in [-0.39, 0.29) is 11.9 Å². The number of nitrogens with one attached hydrogen (secondary N) is 1. The molecule has 1 unspecified atom stereocenters. The van der Waals surface area contributed by atoms with Crippen molar-refractivity contribution in [2.45, 2.75) is 39.7 Å². The molecule has 27 heavy (non-hydrogen) atoms. The maximum absolute atomic E-state index is 12.3. The van der Waals surface area contributed by atoms with Crippen LogP contribution in [0.1, 0.15) is 47.6 Å². The molecule has 1 heterocycles. The van der Waals surface area contributed by atoms with E-state index in [0.717, 1.165) is 17.8 Å². The molecule has 140 valence electrons. The van der Waals surface area contributed by atoms with Gasteiger partial charge in [-0.25, -0.2) is 0 Å². The Morgan fingerprint density at radius 2 is 2.00 bits per heavy atom. The molecule has 3 rings (SSSR count). The summed E-state index contributed by atoms with van der Waals surface area (Å²) < 4.78 is 10.2. The van der Waals surface area contributed by atoms with Crippen LogP contribution >= 0.6 is 11.5 Å². The molecular formula is C21H23N3O2S. The first-order valence-corrected chi connectivity index (χ1v) is 9.77. The van der Waals surface area contributed by atoms with Gasteiger partial charge in [-0.2, -0.15) is 9.36 Å². The number of aryl methyl sites for hydroxylation is 1. The number of nitrogens with zero attached hydrogens (tertiary/aromatic N) is 2. The number of carbonyl (C=O) groups is 1. The summed E-state index contributed by atoms with van der Waals surface area (Å²) in [7, 11) is 0. The van der Waals surface area contributed by atoms with Crippen LogP contribution in [0.5, 0.6) is 10.9 Å². The topological polar surface area (TPSA) is 64.1 Å². The van der Waals surface area contributed by atoms with Gasteiger partial charge in [0, 0.05) is 29.6 Å². The van der Waals surface area contributed by atoms with Gasteiger partial charge >= 0.3 is 0 Å². The summed E-state index contributed by atoms with van der Waals surface area (Å²) in [6.45, 7) is 6.08. The fourth-order valence-corrected chi connectivity index (χ4v) is 3.02. The number of carbonyl (C=O) groups excluding carboxylic acids is 1. The highest BCUT2D eigenvalue weighted by molar-refractivity contribution is 7.07. The van der Waals surface area contributed by atoms with Crippen LogP contribution in [0, 0.1) is 6.92 Å². The average Bonchev–Trinajstić information content (AvgIpc) is 3.10. The van der Waals surface area contributed by atoms with Crippen LogP contribution < -0.4 is 10.1 Å². The fraction of sp³-hybridized carbons (Fsp3) is 0.286. The molecule has 1 amide bonds. The lowest BCUT2D eigenvalue weighted by Crippen LogP contribution is -2.31. The molecule has 1 N–H and O–H groups in total. The maximum atomic E-state index is 12.3. The van der Waals surface area contributed by atoms with E-state index in [0.29, 0.717) is 22.9 Å². The first-order valence-electron chi connectivity index (χ1n) is 9.00. The summed E-state index contributed by atoms with van der Waals surface area (Å²) in [4.78, 5) is 16.7. The molecule has 2 aromatic carbocycles. The van der Waals surface area contributed by atoms with E-state index in [1.165, 1.54) is 17.1 Å². The zero-order valence-electron chi connectivity index (χ0n) is 15.7. The Kier molecular flexibility index (Phi) is 6.19. The molecule has 3 aromatic rings. The first-order chi connectivity index (χ1) is 13.0. The van der Waals surface area contributed by atoms with Crippen molar-refractivity contribution in [3.05, 3.63) is 71.0 Å². The third-order valence-corrected chi connectivity index (χ3v) is 4.86. The largest absolute Gasteiger partial charge is 0.430 e. The van der Waals surface area contributed by atoms with Crippen LogP contribution in [-0.4, -0.2) is 21.3 Å². The van der Waals surface area contributed by atoms with Crippen molar-refractivity contribution in [1.82, 2.24) is 14.7 Å². The van der Waals surface area contributed by atoms with Crippen LogP contribution in [0.3, 0.4) is 0 Å². The monoisotopic (exact) mass is 381 g/mol. The minimum atomic E-state index is -0.105. The van der Waals surface area contributed by atoms with Crippen molar-refractivity contribution in [3.63, 3.8) is 0 Å². The molecule has 0 aliphatic heterocycles. The van der Waals surface area contributed by atoms with E-state index in [9.17, 15) is 4.79 Å². The number of ether oxygens (including phenoxy) is 1. The SMILES string of the molecule is CCC(C)NC(=O)c1cccc(Oc2nc(Cc3ccc(C)cc3)ns2)c1. The molecule has 1 aromatic heterocycles. The third kappa shape index (κ3) is 5.37. The van der Waals surface area contributed by atoms with E-state index in [2.05, 4.69) is 45.9 Å². The molecule has 0 aliphatic rings. The van der Waals surface area contributed by atoms with E-state index in [1.807, 2.05) is 13.8 Å². The highest BCUT2D eigenvalue weighted by Gasteiger charge is 2.11. The molecule has 5 nitrogen and oxygen atoms in total. The second-order valence-electron chi connectivity index (χ2n) is 6.55. The van der Waals surface area contributed by atoms with Crippen molar-refractivity contribution in [2.75, 3.05) is 0 Å². The second kappa shape index (κ2) is 8.77. The van der Waals surface area contributed by atoms with E-state index in [4.69, 9.17) is 4.74 Å². The van der Waals surface area contributed by atoms with E-state index in [1.54, 1.807) is 24.3 Å². The van der Waals surface area contributed by atoms with Gasteiger partial charge in [-0.15, -0.1) is 0 Å². The molecule has 0 radical (unpaired) electrons. The molecule has 6 heteroatoms. The standard InChI is InChI=1S/C21H23N3O2S/c1-4-15(3)22-20(25)17-6-5-7-18(13-17)26-21-23-19(24-27-21)12-16-10-8-14(2)9-11-16/h5-11,13,15H,4,12H2,1-3H3,(H,22,25). The number of hydrogen-bond acceptors (Lipinski definition) is 5. The van der Waals surface area contributed by atoms with Crippen LogP contribution in [0.2, 0.25) is 0 Å². The predicted molar refractivity (Wildman–Crippen MR) is 108 cm³/mol. The van der Waals surface area contributed by atoms with Crippen molar-refractivity contribution in [2.24, 2.45) is 0 Å². The smallest absolute Gasteiger partial charge is 0.298 e. The Hall–Kier alpha value is -2.73. The van der Waals surface area contributed by atoms with Gasteiger partial charge in [-0.05, 0) is 44.0 Å². The van der Waals surface area contributed by atoms with Gasteiger partial charge in [0.25, 0.3) is 11.1 Å². The Labute approximate surface area is 163 Å². The maximum Gasteiger partial charge on any atom is 0.298 e. The predicted octanol–water partition coefficient (Wildman–Crippen LogP) is 4.76. The summed E-state index contributed by atoms with van der Waals surface area (Å²) in [6, 6.07) is 15.5. The minimum Gasteiger partial charge on any atom is -0.430 e. The molecule has 0 bridgehead atoms. The second-order valence-corrected chi connectivity index (χ2v) is 7.27. The van der Waals surface area contributed by atoms with Gasteiger partial charge in [-0.3, -0.25) is 4.79 Å². The highest BCUT2D eigenvalue weighted by Crippen LogP contribution is 2.24. The molecule has 0 saturated heterocycles. The van der Waals surface area contributed by atoms with Gasteiger partial charge in [-0.1, -0.05) is 42.8 Å². The lowest BCUT2D eigenvalue weighted by Gasteiger charge is -2.11. The van der Waals surface area contributed by atoms with Crippen molar-refractivity contribution < 1.29 is 9.53 Å². The van der Waals surface area contributed by atoms with Crippen molar-refractivity contribution in [3.8, 4) is 10.9 Å². The van der Waals surface area contributed by atoms with Gasteiger partial charge in [0.2, 0.25) is 0 Å². The Bertz CT molecular complexity index is 906. The number of benzene rings is 2. The number of aromatic nitrogens is 2. The van der Waals surface area contributed by atoms with Crippen LogP contribution in [0.4, 0.5) is 0 Å². The molecule has 0 fully saturated rings. The molecule has 0 spiro atoms. The number of rotatable bonds is 7. The Morgan fingerprint density at radius 3 is 2.74 bits per heavy atom. The van der Waals surface area contributed by atoms with E-state index >= 15 is 0 Å². The van der Waals surface area contributed by atoms with E-state index < -0.39 is 0 Å². The quantitative estimate of drug-likeness (QED) is 0.641. The zero-order valence-corrected chi connectivity index (χ0v) is 16.5. The number of amides is 1. The zero-order chi connectivity index (χ0) is 19.2. The van der Waals surface area contributed by atoms with Gasteiger partial charge in [0.1, 0.15) is 5.75 Å². The van der Waals surface area contributed by atoms with Crippen LogP contribution in [0.25, 0.3) is 0 Å². The highest BCUT2D eigenvalue weighted by atomic mass is 32.1. The summed E-state index contributed by atoms with van der Waals surface area (Å²) in [5, 5.41) is 3.42. The van der Waals surface area contributed by atoms with Gasteiger partial charge in [0.15, 0.2) is 5.82 Å². The summed E-state index contributed by atoms with van der Waals surface area (Å²) in [6.07, 6.45) is 1.55. The first kappa shape index (κ1) is 19.0. The normalized spacial score (nSPS) is 11.8. The summed E-state index contributed by atoms with van der Waals surface area (Å²) in [5.41, 5.74) is 2.96. The number of hydrogen-bond donors (Lipinski definition) is 1. The van der Waals surface area contributed by atoms with Crippen molar-refractivity contribution >= 4 is 17.4 Å². The average molecular weight is 382 g/mol. The Morgan fingerprint density at radius 1 is 1.22 bits per heavy atom. The Balaban J connectivity index is 1.65. The van der Waals surface area contributed by atoms with Crippen molar-refractivity contribution in [1.29, 1.82) is 0 Å².